The third-order valence-electron chi connectivity index (χ3n) is 14.6. The molecule has 0 amide bonds. The summed E-state index contributed by atoms with van der Waals surface area (Å²) in [4.78, 5) is 2.35. The van der Waals surface area contributed by atoms with Gasteiger partial charge in [-0.2, -0.15) is 0 Å². The van der Waals surface area contributed by atoms with Crippen molar-refractivity contribution >= 4 is 71.6 Å². The minimum atomic E-state index is 0.842. The molecular formula is C70H46N2O. The fraction of sp³-hybridized carbons (Fsp3) is 0. The van der Waals surface area contributed by atoms with Gasteiger partial charge < -0.3 is 13.9 Å². The standard InChI is InChI=1S/C70H46N2O/c1-3-16-48(17-4-1)59-28-13-20-51-21-14-29-60(69(51)59)50-36-40-55(41-37-50)71(58-42-43-64-65-31-15-30-61(49-18-5-2-6-19-49)70(65)73-68(64)46-58)57-25-12-24-54(45-57)53-23-11-22-52(44-53)47-34-38-56(39-35-47)72-66-32-9-7-26-62(66)63-27-8-10-33-67(63)72/h1-46H. The molecule has 73 heavy (non-hydrogen) atoms. The van der Waals surface area contributed by atoms with E-state index in [0.29, 0.717) is 0 Å². The molecule has 2 heterocycles. The molecule has 0 aliphatic carbocycles. The smallest absolute Gasteiger partial charge is 0.143 e. The monoisotopic (exact) mass is 930 g/mol. The van der Waals surface area contributed by atoms with Crippen molar-refractivity contribution in [2.75, 3.05) is 4.90 Å². The highest BCUT2D eigenvalue weighted by molar-refractivity contribution is 6.11. The van der Waals surface area contributed by atoms with E-state index in [4.69, 9.17) is 4.42 Å². The van der Waals surface area contributed by atoms with E-state index >= 15 is 0 Å². The fourth-order valence-electron chi connectivity index (χ4n) is 11.2. The second-order valence-electron chi connectivity index (χ2n) is 18.8. The van der Waals surface area contributed by atoms with Crippen molar-refractivity contribution < 1.29 is 4.42 Å². The van der Waals surface area contributed by atoms with E-state index in [1.165, 1.54) is 54.8 Å². The van der Waals surface area contributed by atoms with Gasteiger partial charge in [-0.15, -0.1) is 0 Å². The Balaban J connectivity index is 0.861. The van der Waals surface area contributed by atoms with E-state index in [9.17, 15) is 0 Å². The quantitative estimate of drug-likeness (QED) is 0.144. The summed E-state index contributed by atoms with van der Waals surface area (Å²) >= 11 is 0. The van der Waals surface area contributed by atoms with Crippen LogP contribution in [-0.4, -0.2) is 4.57 Å². The Morgan fingerprint density at radius 3 is 1.45 bits per heavy atom. The summed E-state index contributed by atoms with van der Waals surface area (Å²) in [6, 6.07) is 101. The van der Waals surface area contributed by atoms with Crippen LogP contribution in [-0.2, 0) is 0 Å². The maximum atomic E-state index is 6.85. The number of para-hydroxylation sites is 3. The molecule has 0 spiro atoms. The van der Waals surface area contributed by atoms with Gasteiger partial charge in [0.05, 0.1) is 11.0 Å². The van der Waals surface area contributed by atoms with Crippen LogP contribution in [0.15, 0.2) is 283 Å². The first kappa shape index (κ1) is 42.2. The van der Waals surface area contributed by atoms with Gasteiger partial charge in [-0.1, -0.05) is 206 Å². The number of benzene rings is 12. The lowest BCUT2D eigenvalue weighted by Gasteiger charge is -2.26. The van der Waals surface area contributed by atoms with Crippen molar-refractivity contribution in [1.29, 1.82) is 0 Å². The number of nitrogens with zero attached hydrogens (tertiary/aromatic N) is 2. The van der Waals surface area contributed by atoms with Gasteiger partial charge in [-0.3, -0.25) is 0 Å². The second kappa shape index (κ2) is 17.6. The van der Waals surface area contributed by atoms with Gasteiger partial charge in [0, 0.05) is 55.9 Å². The summed E-state index contributed by atoms with van der Waals surface area (Å²) in [5, 5.41) is 7.19. The van der Waals surface area contributed by atoms with E-state index in [2.05, 4.69) is 289 Å². The van der Waals surface area contributed by atoms with E-state index in [0.717, 1.165) is 78.1 Å². The maximum Gasteiger partial charge on any atom is 0.143 e. The van der Waals surface area contributed by atoms with E-state index in [-0.39, 0.29) is 0 Å². The van der Waals surface area contributed by atoms with Crippen molar-refractivity contribution in [3.63, 3.8) is 0 Å². The van der Waals surface area contributed by atoms with Crippen molar-refractivity contribution in [3.8, 4) is 61.3 Å². The lowest BCUT2D eigenvalue weighted by Crippen LogP contribution is -2.10. The molecule has 0 aliphatic heterocycles. The van der Waals surface area contributed by atoms with Gasteiger partial charge in [-0.25, -0.2) is 0 Å². The fourth-order valence-corrected chi connectivity index (χ4v) is 11.2. The SMILES string of the molecule is c1ccc(-c2cccc3c2oc2cc(N(c4ccc(-c5cccc6cccc(-c7ccccc7)c56)cc4)c4cccc(-c5cccc(-c6ccc(-n7c8ccccc8c8ccccc87)cc6)c5)c4)ccc23)cc1. The molecule has 12 aromatic carbocycles. The Morgan fingerprint density at radius 2 is 0.767 bits per heavy atom. The highest BCUT2D eigenvalue weighted by Gasteiger charge is 2.19. The van der Waals surface area contributed by atoms with Gasteiger partial charge in [0.2, 0.25) is 0 Å². The lowest BCUT2D eigenvalue weighted by atomic mass is 9.91. The Morgan fingerprint density at radius 1 is 0.288 bits per heavy atom. The minimum absolute atomic E-state index is 0.842. The Bertz CT molecular complexity index is 4300. The topological polar surface area (TPSA) is 21.3 Å². The van der Waals surface area contributed by atoms with Crippen LogP contribution >= 0.6 is 0 Å². The summed E-state index contributed by atoms with van der Waals surface area (Å²) in [6.07, 6.45) is 0. The normalized spacial score (nSPS) is 11.6. The van der Waals surface area contributed by atoms with Gasteiger partial charge >= 0.3 is 0 Å². The molecule has 0 N–H and O–H groups in total. The van der Waals surface area contributed by atoms with Crippen LogP contribution in [0.3, 0.4) is 0 Å². The first-order valence-corrected chi connectivity index (χ1v) is 25.0. The molecule has 0 aliphatic rings. The maximum absolute atomic E-state index is 6.85. The van der Waals surface area contributed by atoms with E-state index < -0.39 is 0 Å². The Kier molecular flexibility index (Phi) is 10.2. The van der Waals surface area contributed by atoms with Crippen LogP contribution in [0.25, 0.3) is 116 Å². The lowest BCUT2D eigenvalue weighted by molar-refractivity contribution is 0.670. The molecule has 342 valence electrons. The molecular weight excluding hydrogens is 885 g/mol. The summed E-state index contributed by atoms with van der Waals surface area (Å²) < 4.78 is 9.22. The highest BCUT2D eigenvalue weighted by Crippen LogP contribution is 2.44. The molecule has 2 aromatic heterocycles. The van der Waals surface area contributed by atoms with Crippen LogP contribution in [0, 0.1) is 0 Å². The van der Waals surface area contributed by atoms with Gasteiger partial charge in [0.25, 0.3) is 0 Å². The van der Waals surface area contributed by atoms with Crippen LogP contribution < -0.4 is 4.90 Å². The third kappa shape index (κ3) is 7.37. The summed E-state index contributed by atoms with van der Waals surface area (Å²) in [6.45, 7) is 0. The average Bonchev–Trinajstić information content (AvgIpc) is 4.01. The van der Waals surface area contributed by atoms with Crippen molar-refractivity contribution in [2.45, 2.75) is 0 Å². The summed E-state index contributed by atoms with van der Waals surface area (Å²) in [5.74, 6) is 0. The molecule has 14 aromatic rings. The number of furan rings is 1. The number of hydrogen-bond acceptors (Lipinski definition) is 2. The largest absolute Gasteiger partial charge is 0.455 e. The van der Waals surface area contributed by atoms with Crippen LogP contribution in [0.5, 0.6) is 0 Å². The molecule has 0 atom stereocenters. The number of aromatic nitrogens is 1. The predicted octanol–water partition coefficient (Wildman–Crippen LogP) is 19.6. The number of anilines is 3. The summed E-state index contributed by atoms with van der Waals surface area (Å²) in [7, 11) is 0. The first-order chi connectivity index (χ1) is 36.2. The van der Waals surface area contributed by atoms with Crippen molar-refractivity contribution in [1.82, 2.24) is 4.57 Å². The van der Waals surface area contributed by atoms with Gasteiger partial charge in [-0.05, 0) is 128 Å². The molecule has 0 radical (unpaired) electrons. The van der Waals surface area contributed by atoms with Crippen molar-refractivity contribution in [2.24, 2.45) is 0 Å². The molecule has 3 heteroatoms. The molecule has 0 saturated heterocycles. The molecule has 14 rings (SSSR count). The van der Waals surface area contributed by atoms with E-state index in [1.807, 2.05) is 0 Å². The number of fused-ring (bicyclic) bond motifs is 7. The van der Waals surface area contributed by atoms with Crippen LogP contribution in [0.1, 0.15) is 0 Å². The molecule has 0 fully saturated rings. The number of rotatable bonds is 9. The highest BCUT2D eigenvalue weighted by atomic mass is 16.3. The predicted molar refractivity (Wildman–Crippen MR) is 307 cm³/mol. The minimum Gasteiger partial charge on any atom is -0.455 e. The zero-order chi connectivity index (χ0) is 48.2. The Hall–Kier alpha value is -9.70. The van der Waals surface area contributed by atoms with Crippen molar-refractivity contribution in [3.05, 3.63) is 279 Å². The molecule has 3 nitrogen and oxygen atoms in total. The Labute approximate surface area is 423 Å². The third-order valence-corrected chi connectivity index (χ3v) is 14.6. The molecule has 0 bridgehead atoms. The zero-order valence-corrected chi connectivity index (χ0v) is 39.9. The van der Waals surface area contributed by atoms with Gasteiger partial charge in [0.15, 0.2) is 0 Å². The molecule has 0 saturated carbocycles. The average molecular weight is 931 g/mol. The first-order valence-electron chi connectivity index (χ1n) is 25.0. The van der Waals surface area contributed by atoms with E-state index in [1.54, 1.807) is 0 Å². The summed E-state index contributed by atoms with van der Waals surface area (Å²) in [5.41, 5.74) is 20.0. The van der Waals surface area contributed by atoms with Gasteiger partial charge in [0.1, 0.15) is 11.2 Å². The van der Waals surface area contributed by atoms with Crippen LogP contribution in [0.2, 0.25) is 0 Å². The number of hydrogen-bond donors (Lipinski definition) is 0. The molecule has 0 unspecified atom stereocenters. The second-order valence-corrected chi connectivity index (χ2v) is 18.8. The zero-order valence-electron chi connectivity index (χ0n) is 39.9. The van der Waals surface area contributed by atoms with Crippen LogP contribution in [0.4, 0.5) is 17.1 Å².